The predicted molar refractivity (Wildman–Crippen MR) is 36.0 cm³/mol. The number of ether oxygens (including phenoxy) is 1. The molecule has 0 rings (SSSR count). The molecule has 3 N–H and O–H groups in total. The lowest BCUT2D eigenvalue weighted by Crippen LogP contribution is -2.39. The first kappa shape index (κ1) is 11.5. The van der Waals surface area contributed by atoms with Crippen molar-refractivity contribution in [3.8, 4) is 0 Å². The molecule has 0 aromatic rings. The van der Waals surface area contributed by atoms with Crippen LogP contribution in [0.1, 0.15) is 6.92 Å². The number of halogens is 1. The smallest absolute Gasteiger partial charge is 0.323 e. The van der Waals surface area contributed by atoms with Crippen molar-refractivity contribution >= 4 is 18.4 Å². The second-order valence-electron chi connectivity index (χ2n) is 1.41. The summed E-state index contributed by atoms with van der Waals surface area (Å²) >= 11 is 0. The van der Waals surface area contributed by atoms with Gasteiger partial charge >= 0.3 is 5.97 Å². The number of nitrogens with one attached hydrogen (secondary N) is 1. The van der Waals surface area contributed by atoms with E-state index < -0.39 is 6.04 Å². The topological polar surface area (TPSA) is 64.3 Å². The largest absolute Gasteiger partial charge is 0.468 e. The average Bonchev–Trinajstić information content (AvgIpc) is 1.84. The van der Waals surface area contributed by atoms with E-state index in [2.05, 4.69) is 10.2 Å². The molecule has 0 fully saturated rings. The van der Waals surface area contributed by atoms with Crippen LogP contribution < -0.4 is 11.3 Å². The summed E-state index contributed by atoms with van der Waals surface area (Å²) in [6, 6.07) is -0.417. The summed E-state index contributed by atoms with van der Waals surface area (Å²) in [5.74, 6) is 4.54. The lowest BCUT2D eigenvalue weighted by atomic mass is 10.4. The van der Waals surface area contributed by atoms with Gasteiger partial charge in [-0.25, -0.2) is 5.43 Å². The summed E-state index contributed by atoms with van der Waals surface area (Å²) in [7, 11) is 1.32. The van der Waals surface area contributed by atoms with E-state index in [-0.39, 0.29) is 18.4 Å². The number of rotatable bonds is 2. The molecule has 0 bridgehead atoms. The maximum absolute atomic E-state index is 10.4. The van der Waals surface area contributed by atoms with Gasteiger partial charge in [-0.1, -0.05) is 0 Å². The molecular weight excluding hydrogens is 144 g/mol. The van der Waals surface area contributed by atoms with Gasteiger partial charge in [0.25, 0.3) is 0 Å². The van der Waals surface area contributed by atoms with Crippen LogP contribution >= 0.6 is 12.4 Å². The molecule has 0 heterocycles. The molecule has 0 aromatic carbocycles. The minimum atomic E-state index is -0.417. The molecule has 0 amide bonds. The molecule has 1 atom stereocenters. The Morgan fingerprint density at radius 2 is 2.22 bits per heavy atom. The van der Waals surface area contributed by atoms with Crippen molar-refractivity contribution < 1.29 is 9.53 Å². The normalized spacial score (nSPS) is 11.4. The standard InChI is InChI=1S/C4H10N2O2.ClH/c1-3(6-5)4(7)8-2;/h3,6H,5H2,1-2H3;1H. The average molecular weight is 155 g/mol. The van der Waals surface area contributed by atoms with E-state index in [0.717, 1.165) is 0 Å². The Kier molecular flexibility index (Phi) is 7.41. The van der Waals surface area contributed by atoms with Crippen LogP contribution in [0.4, 0.5) is 0 Å². The van der Waals surface area contributed by atoms with Crippen LogP contribution in [-0.4, -0.2) is 19.1 Å². The molecule has 0 radical (unpaired) electrons. The van der Waals surface area contributed by atoms with E-state index in [0.29, 0.717) is 0 Å². The van der Waals surface area contributed by atoms with E-state index in [9.17, 15) is 4.79 Å². The van der Waals surface area contributed by atoms with Crippen LogP contribution in [0.25, 0.3) is 0 Å². The quantitative estimate of drug-likeness (QED) is 0.318. The summed E-state index contributed by atoms with van der Waals surface area (Å²) in [5, 5.41) is 0. The zero-order valence-electron chi connectivity index (χ0n) is 5.38. The van der Waals surface area contributed by atoms with Crippen molar-refractivity contribution in [2.75, 3.05) is 7.11 Å². The van der Waals surface area contributed by atoms with Crippen molar-refractivity contribution in [3.63, 3.8) is 0 Å². The first-order chi connectivity index (χ1) is 3.72. The highest BCUT2D eigenvalue weighted by Crippen LogP contribution is 1.80. The number of hydrogen-bond acceptors (Lipinski definition) is 4. The zero-order chi connectivity index (χ0) is 6.57. The van der Waals surface area contributed by atoms with Gasteiger partial charge in [0.2, 0.25) is 0 Å². The van der Waals surface area contributed by atoms with Gasteiger partial charge < -0.3 is 4.74 Å². The van der Waals surface area contributed by atoms with Crippen LogP contribution in [-0.2, 0) is 9.53 Å². The Hall–Kier alpha value is -0.320. The summed E-state index contributed by atoms with van der Waals surface area (Å²) in [6.45, 7) is 1.62. The van der Waals surface area contributed by atoms with E-state index in [1.165, 1.54) is 7.11 Å². The summed E-state index contributed by atoms with van der Waals surface area (Å²) in [6.07, 6.45) is 0. The molecule has 0 saturated carbocycles. The molecule has 0 saturated heterocycles. The number of methoxy groups -OCH3 is 1. The van der Waals surface area contributed by atoms with Crippen LogP contribution in [0.2, 0.25) is 0 Å². The first-order valence-corrected chi connectivity index (χ1v) is 2.26. The lowest BCUT2D eigenvalue weighted by Gasteiger charge is -2.04. The number of carbonyl (C=O) groups is 1. The highest BCUT2D eigenvalue weighted by molar-refractivity contribution is 5.85. The molecule has 0 aliphatic rings. The highest BCUT2D eigenvalue weighted by Gasteiger charge is 2.08. The number of hydrogen-bond donors (Lipinski definition) is 2. The summed E-state index contributed by atoms with van der Waals surface area (Å²) in [5.41, 5.74) is 2.24. The third kappa shape index (κ3) is 4.20. The molecule has 4 nitrogen and oxygen atoms in total. The lowest BCUT2D eigenvalue weighted by molar-refractivity contribution is -0.142. The zero-order valence-corrected chi connectivity index (χ0v) is 6.20. The molecular formula is C4H11ClN2O2. The molecule has 0 spiro atoms. The molecule has 9 heavy (non-hydrogen) atoms. The second kappa shape index (κ2) is 5.81. The third-order valence-corrected chi connectivity index (χ3v) is 0.805. The fraction of sp³-hybridized carbons (Fsp3) is 0.750. The van der Waals surface area contributed by atoms with E-state index in [1.807, 2.05) is 0 Å². The van der Waals surface area contributed by atoms with Gasteiger partial charge in [0.05, 0.1) is 7.11 Å². The monoisotopic (exact) mass is 154 g/mol. The minimum Gasteiger partial charge on any atom is -0.468 e. The molecule has 0 aromatic heterocycles. The van der Waals surface area contributed by atoms with Gasteiger partial charge in [-0.3, -0.25) is 10.6 Å². The SMILES string of the molecule is COC(=O)C(C)NN.Cl. The maximum Gasteiger partial charge on any atom is 0.323 e. The highest BCUT2D eigenvalue weighted by atomic mass is 35.5. The molecule has 5 heteroatoms. The fourth-order valence-corrected chi connectivity index (χ4v) is 0.245. The Morgan fingerprint density at radius 1 is 1.78 bits per heavy atom. The van der Waals surface area contributed by atoms with Gasteiger partial charge in [0.1, 0.15) is 6.04 Å². The Morgan fingerprint density at radius 3 is 2.33 bits per heavy atom. The summed E-state index contributed by atoms with van der Waals surface area (Å²) < 4.78 is 4.32. The first-order valence-electron chi connectivity index (χ1n) is 2.26. The van der Waals surface area contributed by atoms with Crippen LogP contribution in [0.5, 0.6) is 0 Å². The number of hydrazine groups is 1. The van der Waals surface area contributed by atoms with Crippen molar-refractivity contribution in [2.45, 2.75) is 13.0 Å². The van der Waals surface area contributed by atoms with Crippen LogP contribution in [0, 0.1) is 0 Å². The second-order valence-corrected chi connectivity index (χ2v) is 1.41. The van der Waals surface area contributed by atoms with Crippen LogP contribution in [0.3, 0.4) is 0 Å². The Bertz CT molecular complexity index is 88.6. The van der Waals surface area contributed by atoms with Gasteiger partial charge in [0, 0.05) is 0 Å². The van der Waals surface area contributed by atoms with Crippen molar-refractivity contribution in [1.29, 1.82) is 0 Å². The molecule has 56 valence electrons. The molecule has 0 aliphatic heterocycles. The maximum atomic E-state index is 10.4. The predicted octanol–water partition coefficient (Wildman–Crippen LogP) is -0.567. The third-order valence-electron chi connectivity index (χ3n) is 0.805. The van der Waals surface area contributed by atoms with E-state index >= 15 is 0 Å². The van der Waals surface area contributed by atoms with E-state index in [1.54, 1.807) is 6.92 Å². The van der Waals surface area contributed by atoms with Crippen molar-refractivity contribution in [1.82, 2.24) is 5.43 Å². The fourth-order valence-electron chi connectivity index (χ4n) is 0.245. The van der Waals surface area contributed by atoms with E-state index in [4.69, 9.17) is 5.84 Å². The van der Waals surface area contributed by atoms with Gasteiger partial charge in [-0.15, -0.1) is 12.4 Å². The Labute approximate surface area is 60.1 Å². The van der Waals surface area contributed by atoms with Crippen molar-refractivity contribution in [2.24, 2.45) is 5.84 Å². The van der Waals surface area contributed by atoms with Gasteiger partial charge in [-0.2, -0.15) is 0 Å². The number of nitrogens with two attached hydrogens (primary N) is 1. The number of carbonyl (C=O) groups excluding carboxylic acids is 1. The Balaban J connectivity index is 0. The minimum absolute atomic E-state index is 0. The molecule has 1 unspecified atom stereocenters. The number of esters is 1. The van der Waals surface area contributed by atoms with Gasteiger partial charge in [0.15, 0.2) is 0 Å². The molecule has 0 aliphatic carbocycles. The van der Waals surface area contributed by atoms with Crippen LogP contribution in [0.15, 0.2) is 0 Å². The summed E-state index contributed by atoms with van der Waals surface area (Å²) in [4.78, 5) is 10.4. The van der Waals surface area contributed by atoms with Crippen molar-refractivity contribution in [3.05, 3.63) is 0 Å². The van der Waals surface area contributed by atoms with Gasteiger partial charge in [-0.05, 0) is 6.92 Å².